The topological polar surface area (TPSA) is 197 Å². The Morgan fingerprint density at radius 2 is 1.59 bits per heavy atom. The van der Waals surface area contributed by atoms with Crippen LogP contribution in [-0.4, -0.2) is 71.2 Å². The summed E-state index contributed by atoms with van der Waals surface area (Å²) in [6, 6.07) is -4.31. The van der Waals surface area contributed by atoms with Gasteiger partial charge in [-0.25, -0.2) is 0 Å². The molecule has 0 aromatic heterocycles. The Hall–Kier alpha value is -2.24. The van der Waals surface area contributed by atoms with E-state index in [4.69, 9.17) is 16.6 Å². The Balaban J connectivity index is 5.03. The number of nitrogens with one attached hydrogen (secondary N) is 3. The highest BCUT2D eigenvalue weighted by Gasteiger charge is 2.31. The number of carboxylic acids is 1. The van der Waals surface area contributed by atoms with Gasteiger partial charge in [0.1, 0.15) is 18.1 Å². The first kappa shape index (κ1) is 26.8. The number of nitrogens with two attached hydrogens (primary N) is 2. The standard InChI is InChI=1S/C18H35N5O6/c1-4-10(2)14(17(27)21-11(3)18(28)29)23-16(26)13(9-24)22-15(25)12(20)7-5-6-8-19/h10-14,24H,4-9,19-20H2,1-3H3,(H,21,27)(H,22,25)(H,23,26)(H,28,29). The molecule has 0 saturated heterocycles. The van der Waals surface area contributed by atoms with E-state index in [2.05, 4.69) is 16.0 Å². The fraction of sp³-hybridized carbons (Fsp3) is 0.778. The fourth-order valence-corrected chi connectivity index (χ4v) is 2.43. The van der Waals surface area contributed by atoms with Crippen LogP contribution in [0.2, 0.25) is 0 Å². The molecule has 11 nitrogen and oxygen atoms in total. The summed E-state index contributed by atoms with van der Waals surface area (Å²) in [5.74, 6) is -3.55. The quantitative estimate of drug-likeness (QED) is 0.158. The Bertz CT molecular complexity index is 559. The molecule has 0 aliphatic carbocycles. The summed E-state index contributed by atoms with van der Waals surface area (Å²) in [6.45, 7) is 4.63. The van der Waals surface area contributed by atoms with Gasteiger partial charge in [-0.1, -0.05) is 26.7 Å². The minimum Gasteiger partial charge on any atom is -0.480 e. The van der Waals surface area contributed by atoms with E-state index in [0.717, 1.165) is 0 Å². The Labute approximate surface area is 171 Å². The molecule has 0 saturated carbocycles. The molecule has 5 unspecified atom stereocenters. The zero-order chi connectivity index (χ0) is 22.6. The van der Waals surface area contributed by atoms with Crippen molar-refractivity contribution in [3.05, 3.63) is 0 Å². The van der Waals surface area contributed by atoms with Crippen molar-refractivity contribution in [2.24, 2.45) is 17.4 Å². The highest BCUT2D eigenvalue weighted by molar-refractivity contribution is 5.94. The van der Waals surface area contributed by atoms with E-state index in [1.165, 1.54) is 6.92 Å². The lowest BCUT2D eigenvalue weighted by atomic mass is 9.97. The number of rotatable bonds is 14. The second-order valence-electron chi connectivity index (χ2n) is 7.08. The third-order valence-electron chi connectivity index (χ3n) is 4.64. The molecular formula is C18H35N5O6. The lowest BCUT2D eigenvalue weighted by Gasteiger charge is -2.27. The van der Waals surface area contributed by atoms with Crippen molar-refractivity contribution >= 4 is 23.7 Å². The number of unbranched alkanes of at least 4 members (excludes halogenated alkanes) is 1. The minimum absolute atomic E-state index is 0.312. The van der Waals surface area contributed by atoms with Gasteiger partial charge in [0.2, 0.25) is 17.7 Å². The Morgan fingerprint density at radius 3 is 2.07 bits per heavy atom. The SMILES string of the molecule is CCC(C)C(NC(=O)C(CO)NC(=O)C(N)CCCCN)C(=O)NC(C)C(=O)O. The van der Waals surface area contributed by atoms with Crippen LogP contribution >= 0.6 is 0 Å². The summed E-state index contributed by atoms with van der Waals surface area (Å²) >= 11 is 0. The molecule has 11 heteroatoms. The normalized spacial score (nSPS) is 16.1. The molecule has 0 aromatic rings. The molecule has 0 aliphatic heterocycles. The van der Waals surface area contributed by atoms with Gasteiger partial charge in [0.25, 0.3) is 0 Å². The van der Waals surface area contributed by atoms with E-state index in [1.807, 2.05) is 6.92 Å². The molecule has 0 spiro atoms. The van der Waals surface area contributed by atoms with E-state index in [-0.39, 0.29) is 5.92 Å². The monoisotopic (exact) mass is 417 g/mol. The second kappa shape index (κ2) is 13.9. The third-order valence-corrected chi connectivity index (χ3v) is 4.64. The number of aliphatic carboxylic acids is 1. The van der Waals surface area contributed by atoms with Crippen LogP contribution in [0, 0.1) is 5.92 Å². The van der Waals surface area contributed by atoms with Crippen LogP contribution < -0.4 is 27.4 Å². The summed E-state index contributed by atoms with van der Waals surface area (Å²) < 4.78 is 0. The number of aliphatic hydroxyl groups excluding tert-OH is 1. The Kier molecular flexibility index (Phi) is 12.8. The second-order valence-corrected chi connectivity index (χ2v) is 7.08. The van der Waals surface area contributed by atoms with Crippen LogP contribution in [0.25, 0.3) is 0 Å². The maximum Gasteiger partial charge on any atom is 0.325 e. The van der Waals surface area contributed by atoms with E-state index in [0.29, 0.717) is 32.2 Å². The van der Waals surface area contributed by atoms with Gasteiger partial charge in [0, 0.05) is 0 Å². The molecule has 0 bridgehead atoms. The maximum absolute atomic E-state index is 12.5. The van der Waals surface area contributed by atoms with Crippen molar-refractivity contribution in [2.45, 2.75) is 70.6 Å². The highest BCUT2D eigenvalue weighted by Crippen LogP contribution is 2.09. The number of hydrogen-bond donors (Lipinski definition) is 7. The van der Waals surface area contributed by atoms with Gasteiger partial charge in [0.15, 0.2) is 0 Å². The van der Waals surface area contributed by atoms with Crippen LogP contribution in [-0.2, 0) is 19.2 Å². The summed E-state index contributed by atoms with van der Waals surface area (Å²) in [5.41, 5.74) is 11.2. The van der Waals surface area contributed by atoms with E-state index < -0.39 is 54.5 Å². The number of aliphatic hydroxyl groups is 1. The molecule has 0 aliphatic rings. The number of carbonyl (C=O) groups is 4. The summed E-state index contributed by atoms with van der Waals surface area (Å²) in [7, 11) is 0. The van der Waals surface area contributed by atoms with Crippen molar-refractivity contribution < 1.29 is 29.4 Å². The number of hydrogen-bond acceptors (Lipinski definition) is 7. The molecule has 9 N–H and O–H groups in total. The van der Waals surface area contributed by atoms with Gasteiger partial charge >= 0.3 is 5.97 Å². The first-order valence-electron chi connectivity index (χ1n) is 9.79. The zero-order valence-electron chi connectivity index (χ0n) is 17.3. The van der Waals surface area contributed by atoms with Gasteiger partial charge in [0.05, 0.1) is 12.6 Å². The van der Waals surface area contributed by atoms with Gasteiger partial charge in [-0.2, -0.15) is 0 Å². The first-order valence-corrected chi connectivity index (χ1v) is 9.79. The summed E-state index contributed by atoms with van der Waals surface area (Å²) in [5, 5.41) is 25.6. The van der Waals surface area contributed by atoms with Crippen LogP contribution in [0.4, 0.5) is 0 Å². The van der Waals surface area contributed by atoms with E-state index >= 15 is 0 Å². The van der Waals surface area contributed by atoms with Crippen molar-refractivity contribution in [3.63, 3.8) is 0 Å². The molecule has 168 valence electrons. The molecule has 29 heavy (non-hydrogen) atoms. The van der Waals surface area contributed by atoms with Crippen LogP contribution in [0.15, 0.2) is 0 Å². The summed E-state index contributed by atoms with van der Waals surface area (Å²) in [6.07, 6.45) is 2.28. The smallest absolute Gasteiger partial charge is 0.325 e. The van der Waals surface area contributed by atoms with Crippen molar-refractivity contribution in [2.75, 3.05) is 13.2 Å². The lowest BCUT2D eigenvalue weighted by molar-refractivity contribution is -0.142. The van der Waals surface area contributed by atoms with Gasteiger partial charge in [-0.3, -0.25) is 19.2 Å². The molecule has 3 amide bonds. The van der Waals surface area contributed by atoms with Gasteiger partial charge < -0.3 is 37.6 Å². The molecule has 0 radical (unpaired) electrons. The zero-order valence-corrected chi connectivity index (χ0v) is 17.3. The average molecular weight is 418 g/mol. The predicted molar refractivity (Wildman–Crippen MR) is 107 cm³/mol. The predicted octanol–water partition coefficient (Wildman–Crippen LogP) is -1.96. The van der Waals surface area contributed by atoms with E-state index in [1.54, 1.807) is 6.92 Å². The Morgan fingerprint density at radius 1 is 0.966 bits per heavy atom. The first-order chi connectivity index (χ1) is 13.6. The highest BCUT2D eigenvalue weighted by atomic mass is 16.4. The molecule has 0 aromatic carbocycles. The van der Waals surface area contributed by atoms with Gasteiger partial charge in [-0.05, 0) is 32.2 Å². The molecular weight excluding hydrogens is 382 g/mol. The van der Waals surface area contributed by atoms with Crippen LogP contribution in [0.3, 0.4) is 0 Å². The van der Waals surface area contributed by atoms with E-state index in [9.17, 15) is 24.3 Å². The van der Waals surface area contributed by atoms with Crippen molar-refractivity contribution in [3.8, 4) is 0 Å². The molecule has 5 atom stereocenters. The molecule has 0 heterocycles. The van der Waals surface area contributed by atoms with Crippen molar-refractivity contribution in [1.82, 2.24) is 16.0 Å². The van der Waals surface area contributed by atoms with Crippen LogP contribution in [0.1, 0.15) is 46.5 Å². The number of amides is 3. The largest absolute Gasteiger partial charge is 0.480 e. The number of carbonyl (C=O) groups excluding carboxylic acids is 3. The third kappa shape index (κ3) is 9.68. The fourth-order valence-electron chi connectivity index (χ4n) is 2.43. The lowest BCUT2D eigenvalue weighted by Crippen LogP contribution is -2.59. The van der Waals surface area contributed by atoms with Crippen molar-refractivity contribution in [1.29, 1.82) is 0 Å². The molecule has 0 rings (SSSR count). The van der Waals surface area contributed by atoms with Gasteiger partial charge in [-0.15, -0.1) is 0 Å². The number of carboxylic acid groups (broad SMARTS) is 1. The molecule has 0 fully saturated rings. The summed E-state index contributed by atoms with van der Waals surface area (Å²) in [4.78, 5) is 48.0. The maximum atomic E-state index is 12.5. The average Bonchev–Trinajstić information content (AvgIpc) is 2.68. The van der Waals surface area contributed by atoms with Crippen LogP contribution in [0.5, 0.6) is 0 Å². The minimum atomic E-state index is -1.29.